The van der Waals surface area contributed by atoms with Crippen molar-refractivity contribution in [3.05, 3.63) is 30.1 Å². The first-order valence-corrected chi connectivity index (χ1v) is 6.92. The molecule has 1 aromatic rings. The van der Waals surface area contributed by atoms with Crippen LogP contribution in [0.25, 0.3) is 0 Å². The molecule has 0 unspecified atom stereocenters. The van der Waals surface area contributed by atoms with E-state index in [1.165, 1.54) is 12.4 Å². The van der Waals surface area contributed by atoms with Crippen molar-refractivity contribution >= 4 is 11.9 Å². The zero-order chi connectivity index (χ0) is 15.7. The maximum atomic E-state index is 12.3. The number of rotatable bonds is 5. The Bertz CT molecular complexity index is 544. The molecule has 0 bridgehead atoms. The van der Waals surface area contributed by atoms with Gasteiger partial charge in [-0.05, 0) is 19.1 Å². The third-order valence-electron chi connectivity index (χ3n) is 4.40. The lowest BCUT2D eigenvalue weighted by Crippen LogP contribution is -2.76. The predicted octanol–water partition coefficient (Wildman–Crippen LogP) is 1.47. The first kappa shape index (κ1) is 15.4. The first-order chi connectivity index (χ1) is 9.85. The van der Waals surface area contributed by atoms with E-state index in [2.05, 4.69) is 10.3 Å². The van der Waals surface area contributed by atoms with Crippen molar-refractivity contribution in [1.29, 1.82) is 0 Å². The quantitative estimate of drug-likeness (QED) is 0.858. The Hall–Kier alpha value is -1.95. The van der Waals surface area contributed by atoms with E-state index in [0.717, 1.165) is 0 Å². The monoisotopic (exact) mass is 292 g/mol. The van der Waals surface area contributed by atoms with Crippen LogP contribution in [-0.2, 0) is 9.53 Å². The average Bonchev–Trinajstić information content (AvgIpc) is 2.46. The second-order valence-electron chi connectivity index (χ2n) is 5.77. The van der Waals surface area contributed by atoms with Gasteiger partial charge in [0.2, 0.25) is 0 Å². The van der Waals surface area contributed by atoms with Crippen molar-refractivity contribution in [2.75, 3.05) is 6.61 Å². The average molecular weight is 292 g/mol. The number of pyridine rings is 1. The number of hydrogen-bond acceptors (Lipinski definition) is 4. The number of carboxylic acid groups (broad SMARTS) is 1. The van der Waals surface area contributed by atoms with Crippen LogP contribution in [-0.4, -0.2) is 40.2 Å². The van der Waals surface area contributed by atoms with Gasteiger partial charge in [-0.25, -0.2) is 4.79 Å². The summed E-state index contributed by atoms with van der Waals surface area (Å²) >= 11 is 0. The molecule has 1 aliphatic carbocycles. The highest BCUT2D eigenvalue weighted by Gasteiger charge is 2.66. The molecule has 0 spiro atoms. The Morgan fingerprint density at radius 1 is 1.43 bits per heavy atom. The summed E-state index contributed by atoms with van der Waals surface area (Å²) in [5.41, 5.74) is -1.61. The molecule has 6 heteroatoms. The van der Waals surface area contributed by atoms with Crippen LogP contribution in [0.1, 0.15) is 37.6 Å². The highest BCUT2D eigenvalue weighted by atomic mass is 16.5. The number of aromatic nitrogens is 1. The molecule has 0 radical (unpaired) electrons. The van der Waals surface area contributed by atoms with Gasteiger partial charge in [-0.2, -0.15) is 0 Å². The molecule has 0 aliphatic heterocycles. The van der Waals surface area contributed by atoms with Crippen molar-refractivity contribution in [3.63, 3.8) is 0 Å². The molecular formula is C15H20N2O4. The number of ether oxygens (including phenoxy) is 1. The molecule has 1 aliphatic rings. The second-order valence-corrected chi connectivity index (χ2v) is 5.77. The standard InChI is InChI=1S/C15H20N2O4/c1-4-21-11-9-15(13(19)20,14(11,2)3)17-12(18)10-5-7-16-8-6-10/h5-8,11H,4,9H2,1-3H3,(H,17,18)(H,19,20)/t11-,15+/m0/s1. The van der Waals surface area contributed by atoms with Gasteiger partial charge in [-0.1, -0.05) is 13.8 Å². The van der Waals surface area contributed by atoms with Gasteiger partial charge < -0.3 is 15.2 Å². The Labute approximate surface area is 123 Å². The van der Waals surface area contributed by atoms with Crippen LogP contribution in [0.15, 0.2) is 24.5 Å². The summed E-state index contributed by atoms with van der Waals surface area (Å²) in [6.45, 7) is 5.99. The lowest BCUT2D eigenvalue weighted by molar-refractivity contribution is -0.190. The number of aliphatic carboxylic acids is 1. The molecule has 2 N–H and O–H groups in total. The summed E-state index contributed by atoms with van der Waals surface area (Å²) in [6.07, 6.45) is 3.07. The third kappa shape index (κ3) is 2.40. The number of nitrogens with zero attached hydrogens (tertiary/aromatic N) is 1. The van der Waals surface area contributed by atoms with Crippen LogP contribution in [0, 0.1) is 5.41 Å². The van der Waals surface area contributed by atoms with Crippen molar-refractivity contribution < 1.29 is 19.4 Å². The Balaban J connectivity index is 2.22. The fourth-order valence-electron chi connectivity index (χ4n) is 2.81. The highest BCUT2D eigenvalue weighted by Crippen LogP contribution is 2.51. The summed E-state index contributed by atoms with van der Waals surface area (Å²) < 4.78 is 5.56. The van der Waals surface area contributed by atoms with Crippen LogP contribution in [0.5, 0.6) is 0 Å². The van der Waals surface area contributed by atoms with Gasteiger partial charge in [0.05, 0.1) is 6.10 Å². The van der Waals surface area contributed by atoms with Gasteiger partial charge >= 0.3 is 5.97 Å². The number of nitrogens with one attached hydrogen (secondary N) is 1. The van der Waals surface area contributed by atoms with E-state index in [1.54, 1.807) is 26.0 Å². The summed E-state index contributed by atoms with van der Waals surface area (Å²) in [7, 11) is 0. The molecule has 1 fully saturated rings. The predicted molar refractivity (Wildman–Crippen MR) is 75.9 cm³/mol. The minimum absolute atomic E-state index is 0.184. The minimum Gasteiger partial charge on any atom is -0.479 e. The maximum Gasteiger partial charge on any atom is 0.330 e. The summed E-state index contributed by atoms with van der Waals surface area (Å²) in [6, 6.07) is 3.10. The molecule has 114 valence electrons. The normalized spacial score (nSPS) is 26.7. The fraction of sp³-hybridized carbons (Fsp3) is 0.533. The highest BCUT2D eigenvalue weighted by molar-refractivity contribution is 5.98. The van der Waals surface area contributed by atoms with E-state index in [-0.39, 0.29) is 12.5 Å². The molecule has 1 heterocycles. The van der Waals surface area contributed by atoms with Gasteiger partial charge in [0.25, 0.3) is 5.91 Å². The zero-order valence-corrected chi connectivity index (χ0v) is 12.4. The van der Waals surface area contributed by atoms with E-state index in [4.69, 9.17) is 4.74 Å². The van der Waals surface area contributed by atoms with Crippen molar-refractivity contribution in [2.45, 2.75) is 38.8 Å². The van der Waals surface area contributed by atoms with E-state index in [1.807, 2.05) is 6.92 Å². The number of carbonyl (C=O) groups excluding carboxylic acids is 1. The molecule has 0 saturated heterocycles. The Morgan fingerprint density at radius 2 is 2.05 bits per heavy atom. The number of amides is 1. The van der Waals surface area contributed by atoms with Crippen LogP contribution >= 0.6 is 0 Å². The van der Waals surface area contributed by atoms with Crippen LogP contribution in [0.4, 0.5) is 0 Å². The van der Waals surface area contributed by atoms with Gasteiger partial charge in [-0.3, -0.25) is 9.78 Å². The Kier molecular flexibility index (Phi) is 4.00. The molecule has 1 saturated carbocycles. The van der Waals surface area contributed by atoms with Gasteiger partial charge in [0.1, 0.15) is 5.54 Å². The van der Waals surface area contributed by atoms with E-state index >= 15 is 0 Å². The smallest absolute Gasteiger partial charge is 0.330 e. The molecule has 2 rings (SSSR count). The SMILES string of the molecule is CCO[C@H]1C[C@@](NC(=O)c2ccncc2)(C(=O)O)C1(C)C. The number of carbonyl (C=O) groups is 2. The van der Waals surface area contributed by atoms with Gasteiger partial charge in [0, 0.05) is 36.4 Å². The lowest BCUT2D eigenvalue weighted by Gasteiger charge is -2.58. The summed E-state index contributed by atoms with van der Waals surface area (Å²) in [5, 5.41) is 12.3. The summed E-state index contributed by atoms with van der Waals surface area (Å²) in [4.78, 5) is 27.9. The lowest BCUT2D eigenvalue weighted by atomic mass is 9.54. The maximum absolute atomic E-state index is 12.3. The third-order valence-corrected chi connectivity index (χ3v) is 4.40. The zero-order valence-electron chi connectivity index (χ0n) is 12.4. The summed E-state index contributed by atoms with van der Waals surface area (Å²) in [5.74, 6) is -1.45. The first-order valence-electron chi connectivity index (χ1n) is 6.92. The van der Waals surface area contributed by atoms with Gasteiger partial charge in [-0.15, -0.1) is 0 Å². The minimum atomic E-state index is -1.31. The van der Waals surface area contributed by atoms with Gasteiger partial charge in [0.15, 0.2) is 0 Å². The molecular weight excluding hydrogens is 272 g/mol. The van der Waals surface area contributed by atoms with Crippen LogP contribution < -0.4 is 5.32 Å². The largest absolute Gasteiger partial charge is 0.479 e. The van der Waals surface area contributed by atoms with Crippen molar-refractivity contribution in [3.8, 4) is 0 Å². The van der Waals surface area contributed by atoms with Crippen molar-refractivity contribution in [1.82, 2.24) is 10.3 Å². The molecule has 21 heavy (non-hydrogen) atoms. The van der Waals surface area contributed by atoms with E-state index < -0.39 is 22.8 Å². The number of hydrogen-bond donors (Lipinski definition) is 2. The molecule has 1 amide bonds. The second kappa shape index (κ2) is 5.44. The molecule has 1 aromatic heterocycles. The molecule has 6 nitrogen and oxygen atoms in total. The number of carboxylic acids is 1. The van der Waals surface area contributed by atoms with E-state index in [0.29, 0.717) is 12.2 Å². The van der Waals surface area contributed by atoms with Crippen LogP contribution in [0.2, 0.25) is 0 Å². The van der Waals surface area contributed by atoms with Crippen molar-refractivity contribution in [2.24, 2.45) is 5.41 Å². The Morgan fingerprint density at radius 3 is 2.52 bits per heavy atom. The molecule has 0 aromatic carbocycles. The fourth-order valence-corrected chi connectivity index (χ4v) is 2.81. The van der Waals surface area contributed by atoms with Crippen LogP contribution in [0.3, 0.4) is 0 Å². The van der Waals surface area contributed by atoms with E-state index in [9.17, 15) is 14.7 Å². The topological polar surface area (TPSA) is 88.5 Å². The molecule has 2 atom stereocenters.